The third-order valence-corrected chi connectivity index (χ3v) is 8.37. The molecule has 0 radical (unpaired) electrons. The van der Waals surface area contributed by atoms with Crippen molar-refractivity contribution in [3.05, 3.63) is 123 Å². The molecule has 2 aliphatic rings. The van der Waals surface area contributed by atoms with Crippen LogP contribution < -0.4 is 14.8 Å². The number of methoxy groups -OCH3 is 1. The van der Waals surface area contributed by atoms with Crippen LogP contribution in [0.4, 0.5) is 5.69 Å². The number of halogens is 2. The average Bonchev–Trinajstić information content (AvgIpc) is 3.43. The van der Waals surface area contributed by atoms with Crippen molar-refractivity contribution in [1.29, 1.82) is 0 Å². The van der Waals surface area contributed by atoms with Crippen LogP contribution in [0.3, 0.4) is 0 Å². The second-order valence-electron chi connectivity index (χ2n) is 9.56. The van der Waals surface area contributed by atoms with E-state index < -0.39 is 0 Å². The average molecular weight is 573 g/mol. The fraction of sp³-hybridized carbons (Fsp3) is 0.188. The summed E-state index contributed by atoms with van der Waals surface area (Å²) in [5.74, 6) is 2.16. The molecule has 1 aliphatic carbocycles. The number of ether oxygens (including phenoxy) is 2. The zero-order valence-corrected chi connectivity index (χ0v) is 22.8. The fourth-order valence-electron chi connectivity index (χ4n) is 5.56. The standard InChI is InChI=1S/C32H27BrClNO2/c1-36-30-18-23(17-27(33)32(30)37-19-22-10-5-6-13-28(22)34)31-25-12-7-11-24(25)26-16-21(14-15-29(26)35-31)20-8-3-2-4-9-20/h2-11,13-18,24-25,31,35H,12,19H2,1H3/t24-,25+,31+/m1/s1. The Morgan fingerprint density at radius 2 is 1.76 bits per heavy atom. The van der Waals surface area contributed by atoms with Gasteiger partial charge in [0.2, 0.25) is 0 Å². The van der Waals surface area contributed by atoms with Gasteiger partial charge in [-0.1, -0.05) is 78.4 Å². The molecule has 186 valence electrons. The second kappa shape index (κ2) is 10.3. The highest BCUT2D eigenvalue weighted by Crippen LogP contribution is 2.52. The molecule has 4 aromatic rings. The predicted molar refractivity (Wildman–Crippen MR) is 155 cm³/mol. The smallest absolute Gasteiger partial charge is 0.175 e. The Kier molecular flexibility index (Phi) is 6.71. The van der Waals surface area contributed by atoms with Gasteiger partial charge in [0.05, 0.1) is 17.6 Å². The van der Waals surface area contributed by atoms with E-state index in [2.05, 4.69) is 94.1 Å². The second-order valence-corrected chi connectivity index (χ2v) is 10.8. The van der Waals surface area contributed by atoms with Gasteiger partial charge in [-0.2, -0.15) is 0 Å². The van der Waals surface area contributed by atoms with Gasteiger partial charge in [-0.05, 0) is 80.9 Å². The first-order valence-electron chi connectivity index (χ1n) is 12.5. The van der Waals surface area contributed by atoms with E-state index in [9.17, 15) is 0 Å². The molecule has 0 saturated heterocycles. The Labute approximate surface area is 231 Å². The Balaban J connectivity index is 1.31. The lowest BCUT2D eigenvalue weighted by atomic mass is 9.76. The highest BCUT2D eigenvalue weighted by atomic mass is 79.9. The van der Waals surface area contributed by atoms with Crippen LogP contribution in [0.25, 0.3) is 11.1 Å². The first kappa shape index (κ1) is 24.1. The van der Waals surface area contributed by atoms with E-state index in [1.165, 1.54) is 27.9 Å². The maximum atomic E-state index is 6.33. The van der Waals surface area contributed by atoms with E-state index in [0.29, 0.717) is 35.0 Å². The predicted octanol–water partition coefficient (Wildman–Crippen LogP) is 9.18. The lowest BCUT2D eigenvalue weighted by Crippen LogP contribution is -2.29. The van der Waals surface area contributed by atoms with Crippen LogP contribution in [0.1, 0.15) is 35.1 Å². The van der Waals surface area contributed by atoms with Crippen molar-refractivity contribution in [2.24, 2.45) is 5.92 Å². The van der Waals surface area contributed by atoms with E-state index in [0.717, 1.165) is 16.5 Å². The topological polar surface area (TPSA) is 30.5 Å². The minimum absolute atomic E-state index is 0.151. The molecule has 0 unspecified atom stereocenters. The van der Waals surface area contributed by atoms with E-state index >= 15 is 0 Å². The van der Waals surface area contributed by atoms with Gasteiger partial charge in [0.15, 0.2) is 11.5 Å². The van der Waals surface area contributed by atoms with Gasteiger partial charge in [-0.3, -0.25) is 0 Å². The van der Waals surface area contributed by atoms with Crippen LogP contribution in [0.2, 0.25) is 5.02 Å². The van der Waals surface area contributed by atoms with Crippen LogP contribution in [-0.2, 0) is 6.61 Å². The molecular weight excluding hydrogens is 546 g/mol. The van der Waals surface area contributed by atoms with Gasteiger partial charge in [0, 0.05) is 22.2 Å². The zero-order chi connectivity index (χ0) is 25.4. The SMILES string of the molecule is COc1cc([C@@H]2Nc3ccc(-c4ccccc4)cc3[C@@H]3C=CC[C@@H]32)cc(Br)c1OCc1ccccc1Cl. The van der Waals surface area contributed by atoms with Gasteiger partial charge < -0.3 is 14.8 Å². The molecule has 3 atom stereocenters. The van der Waals surface area contributed by atoms with Crippen molar-refractivity contribution in [2.45, 2.75) is 25.0 Å². The van der Waals surface area contributed by atoms with Crippen molar-refractivity contribution in [3.63, 3.8) is 0 Å². The van der Waals surface area contributed by atoms with Crippen LogP contribution in [0, 0.1) is 5.92 Å². The Bertz CT molecular complexity index is 1470. The van der Waals surface area contributed by atoms with Crippen LogP contribution in [0.15, 0.2) is 102 Å². The Hall–Kier alpha value is -3.21. The maximum absolute atomic E-state index is 6.33. The summed E-state index contributed by atoms with van der Waals surface area (Å²) < 4.78 is 12.8. The first-order chi connectivity index (χ1) is 18.1. The van der Waals surface area contributed by atoms with Gasteiger partial charge in [-0.25, -0.2) is 0 Å². The van der Waals surface area contributed by atoms with E-state index in [-0.39, 0.29) is 6.04 Å². The van der Waals surface area contributed by atoms with Gasteiger partial charge in [0.1, 0.15) is 6.61 Å². The quantitative estimate of drug-likeness (QED) is 0.234. The molecular formula is C32H27BrClNO2. The monoisotopic (exact) mass is 571 g/mol. The lowest BCUT2D eigenvalue weighted by Gasteiger charge is -2.38. The molecule has 4 aromatic carbocycles. The summed E-state index contributed by atoms with van der Waals surface area (Å²) in [6, 6.07) is 29.5. The Morgan fingerprint density at radius 3 is 2.57 bits per heavy atom. The van der Waals surface area contributed by atoms with Gasteiger partial charge >= 0.3 is 0 Å². The van der Waals surface area contributed by atoms with Crippen molar-refractivity contribution in [2.75, 3.05) is 12.4 Å². The first-order valence-corrected chi connectivity index (χ1v) is 13.7. The van der Waals surface area contributed by atoms with Crippen molar-refractivity contribution in [3.8, 4) is 22.6 Å². The third kappa shape index (κ3) is 4.65. The number of rotatable bonds is 6. The molecule has 6 rings (SSSR count). The number of allylic oxidation sites excluding steroid dienone is 2. The molecule has 0 aromatic heterocycles. The van der Waals surface area contributed by atoms with Crippen LogP contribution >= 0.6 is 27.5 Å². The summed E-state index contributed by atoms with van der Waals surface area (Å²) in [7, 11) is 1.68. The number of anilines is 1. The molecule has 0 fully saturated rings. The molecule has 5 heteroatoms. The third-order valence-electron chi connectivity index (χ3n) is 7.41. The minimum atomic E-state index is 0.151. The summed E-state index contributed by atoms with van der Waals surface area (Å²) in [5, 5.41) is 4.54. The summed E-state index contributed by atoms with van der Waals surface area (Å²) >= 11 is 10.1. The number of nitrogens with one attached hydrogen (secondary N) is 1. The maximum Gasteiger partial charge on any atom is 0.175 e. The van der Waals surface area contributed by atoms with E-state index in [4.69, 9.17) is 21.1 Å². The van der Waals surface area contributed by atoms with E-state index in [1.54, 1.807) is 7.11 Å². The number of hydrogen-bond donors (Lipinski definition) is 1. The van der Waals surface area contributed by atoms with Crippen molar-refractivity contribution >= 4 is 33.2 Å². The summed E-state index contributed by atoms with van der Waals surface area (Å²) in [6.45, 7) is 0.363. The minimum Gasteiger partial charge on any atom is -0.493 e. The molecule has 1 aliphatic heterocycles. The molecule has 0 spiro atoms. The molecule has 0 saturated carbocycles. The van der Waals surface area contributed by atoms with Crippen LogP contribution in [0.5, 0.6) is 11.5 Å². The number of hydrogen-bond acceptors (Lipinski definition) is 3. The molecule has 0 amide bonds. The largest absolute Gasteiger partial charge is 0.493 e. The molecule has 1 N–H and O–H groups in total. The number of benzene rings is 4. The molecule has 0 bridgehead atoms. The summed E-state index contributed by atoms with van der Waals surface area (Å²) in [5.41, 5.74) is 7.15. The fourth-order valence-corrected chi connectivity index (χ4v) is 6.32. The highest BCUT2D eigenvalue weighted by Gasteiger charge is 2.38. The molecule has 3 nitrogen and oxygen atoms in total. The van der Waals surface area contributed by atoms with Crippen molar-refractivity contribution in [1.82, 2.24) is 0 Å². The number of fused-ring (bicyclic) bond motifs is 3. The molecule has 37 heavy (non-hydrogen) atoms. The molecule has 1 heterocycles. The normalized spacial score (nSPS) is 19.6. The van der Waals surface area contributed by atoms with Gasteiger partial charge in [-0.15, -0.1) is 0 Å². The van der Waals surface area contributed by atoms with Crippen molar-refractivity contribution < 1.29 is 9.47 Å². The highest BCUT2D eigenvalue weighted by molar-refractivity contribution is 9.10. The van der Waals surface area contributed by atoms with Crippen LogP contribution in [-0.4, -0.2) is 7.11 Å². The Morgan fingerprint density at radius 1 is 0.946 bits per heavy atom. The lowest BCUT2D eigenvalue weighted by molar-refractivity contribution is 0.282. The summed E-state index contributed by atoms with van der Waals surface area (Å²) in [4.78, 5) is 0. The zero-order valence-electron chi connectivity index (χ0n) is 20.5. The van der Waals surface area contributed by atoms with E-state index in [1.807, 2.05) is 24.3 Å². The van der Waals surface area contributed by atoms with Gasteiger partial charge in [0.25, 0.3) is 0 Å². The summed E-state index contributed by atoms with van der Waals surface area (Å²) in [6.07, 6.45) is 5.73.